The first-order valence-corrected chi connectivity index (χ1v) is 22.5. The van der Waals surface area contributed by atoms with Gasteiger partial charge in [0.05, 0.1) is 5.69 Å². The molecular weight excluding hydrogens is 687 g/mol. The molecule has 4 unspecified atom stereocenters. The molecule has 1 nitrogen and oxygen atoms in total. The van der Waals surface area contributed by atoms with Crippen molar-refractivity contribution < 1.29 is 0 Å². The van der Waals surface area contributed by atoms with Crippen LogP contribution in [0, 0.1) is 17.8 Å². The summed E-state index contributed by atoms with van der Waals surface area (Å²) in [5.74, 6) is 2.25. The maximum Gasteiger partial charge on any atom is 0.0543 e. The zero-order valence-electron chi connectivity index (χ0n) is 34.1. The minimum absolute atomic E-state index is 0.0324. The van der Waals surface area contributed by atoms with Gasteiger partial charge in [0.15, 0.2) is 0 Å². The van der Waals surface area contributed by atoms with E-state index in [-0.39, 0.29) is 16.2 Å². The summed E-state index contributed by atoms with van der Waals surface area (Å²) >= 11 is 0. The van der Waals surface area contributed by atoms with Gasteiger partial charge in [-0.05, 0) is 141 Å². The van der Waals surface area contributed by atoms with E-state index in [1.165, 1.54) is 132 Å². The molecule has 0 aromatic heterocycles. The summed E-state index contributed by atoms with van der Waals surface area (Å²) < 4.78 is 0. The van der Waals surface area contributed by atoms with E-state index in [0.717, 1.165) is 5.92 Å². The van der Waals surface area contributed by atoms with Crippen LogP contribution >= 0.6 is 0 Å². The van der Waals surface area contributed by atoms with Crippen molar-refractivity contribution in [2.24, 2.45) is 17.8 Å². The molecule has 3 fully saturated rings. The van der Waals surface area contributed by atoms with Gasteiger partial charge in [0.1, 0.15) is 0 Å². The second-order valence-corrected chi connectivity index (χ2v) is 19.3. The van der Waals surface area contributed by atoms with Gasteiger partial charge in [-0.1, -0.05) is 156 Å². The average Bonchev–Trinajstić information content (AvgIpc) is 3.79. The Morgan fingerprint density at radius 3 is 1.98 bits per heavy atom. The van der Waals surface area contributed by atoms with Gasteiger partial charge in [0.25, 0.3) is 0 Å². The van der Waals surface area contributed by atoms with Gasteiger partial charge in [-0.25, -0.2) is 0 Å². The van der Waals surface area contributed by atoms with Crippen LogP contribution in [0.15, 0.2) is 127 Å². The predicted molar refractivity (Wildman–Crippen MR) is 238 cm³/mol. The Morgan fingerprint density at radius 2 is 1.18 bits per heavy atom. The van der Waals surface area contributed by atoms with Crippen LogP contribution in [0.5, 0.6) is 0 Å². The van der Waals surface area contributed by atoms with Crippen molar-refractivity contribution in [1.29, 1.82) is 0 Å². The third kappa shape index (κ3) is 4.47. The van der Waals surface area contributed by atoms with Crippen LogP contribution in [0.2, 0.25) is 0 Å². The summed E-state index contributed by atoms with van der Waals surface area (Å²) in [6.07, 6.45) is 14.6. The lowest BCUT2D eigenvalue weighted by Gasteiger charge is -2.54. The Morgan fingerprint density at radius 1 is 0.526 bits per heavy atom. The van der Waals surface area contributed by atoms with Gasteiger partial charge in [-0.2, -0.15) is 0 Å². The second-order valence-electron chi connectivity index (χ2n) is 19.3. The van der Waals surface area contributed by atoms with E-state index in [4.69, 9.17) is 0 Å². The van der Waals surface area contributed by atoms with Crippen LogP contribution in [0.3, 0.4) is 0 Å². The Bertz CT molecular complexity index is 2600. The van der Waals surface area contributed by atoms with Gasteiger partial charge >= 0.3 is 0 Å². The molecule has 12 rings (SSSR count). The van der Waals surface area contributed by atoms with Crippen LogP contribution in [-0.4, -0.2) is 0 Å². The Labute approximate surface area is 340 Å². The number of hydrogen-bond acceptors (Lipinski definition) is 1. The highest BCUT2D eigenvalue weighted by atomic mass is 15.1. The van der Waals surface area contributed by atoms with Gasteiger partial charge in [0.2, 0.25) is 0 Å². The van der Waals surface area contributed by atoms with Crippen LogP contribution in [0.25, 0.3) is 33.4 Å². The molecule has 284 valence electrons. The summed E-state index contributed by atoms with van der Waals surface area (Å²) in [6, 6.07) is 50.6. The first-order valence-electron chi connectivity index (χ1n) is 22.5. The summed E-state index contributed by atoms with van der Waals surface area (Å²) in [5, 5.41) is 0. The largest absolute Gasteiger partial charge is 0.310 e. The summed E-state index contributed by atoms with van der Waals surface area (Å²) in [7, 11) is 0. The predicted octanol–water partition coefficient (Wildman–Crippen LogP) is 15.2. The Kier molecular flexibility index (Phi) is 7.39. The third-order valence-electron chi connectivity index (χ3n) is 16.6. The normalized spacial score (nSPS) is 25.0. The lowest BCUT2D eigenvalue weighted by Crippen LogP contribution is -2.48. The molecule has 57 heavy (non-hydrogen) atoms. The van der Waals surface area contributed by atoms with Crippen molar-refractivity contribution in [2.75, 3.05) is 4.90 Å². The molecule has 6 aliphatic rings. The number of rotatable bonds is 4. The lowest BCUT2D eigenvalue weighted by atomic mass is 9.50. The molecule has 2 bridgehead atoms. The van der Waals surface area contributed by atoms with E-state index >= 15 is 0 Å². The number of anilines is 3. The molecule has 0 saturated heterocycles. The van der Waals surface area contributed by atoms with Gasteiger partial charge in [0, 0.05) is 33.2 Å². The number of nitrogens with zero attached hydrogens (tertiary/aromatic N) is 1. The monoisotopic (exact) mass is 741 g/mol. The molecule has 6 aromatic carbocycles. The number of benzene rings is 6. The highest BCUT2D eigenvalue weighted by Gasteiger charge is 2.57. The van der Waals surface area contributed by atoms with Crippen LogP contribution in [0.4, 0.5) is 17.1 Å². The zero-order valence-corrected chi connectivity index (χ0v) is 34.1. The molecule has 0 heterocycles. The van der Waals surface area contributed by atoms with E-state index in [0.29, 0.717) is 11.8 Å². The van der Waals surface area contributed by atoms with E-state index in [1.807, 2.05) is 0 Å². The standard InChI is InChI=1S/C56H55N/c1-4-37-32-36-16-14-17-38(33-36)56(37)49-23-11-8-20-44(49)53-50(56)24-15-25-52(53)57(39-27-29-47-45(34-39)42-19-6-9-21-46(42)54(47,2)3)40-26-28-43-41-18-7-10-22-48(41)55(51(43)35-40)30-12-5-13-31-55/h6-11,15,18-29,34-38H,4-5,12-14,16-17,30-33H2,1-3H3. The molecule has 4 atom stereocenters. The lowest BCUT2D eigenvalue weighted by molar-refractivity contribution is 0.0557. The van der Waals surface area contributed by atoms with Crippen molar-refractivity contribution >= 4 is 17.1 Å². The fourth-order valence-electron chi connectivity index (χ4n) is 14.3. The first-order chi connectivity index (χ1) is 27.9. The van der Waals surface area contributed by atoms with Crippen molar-refractivity contribution in [1.82, 2.24) is 0 Å². The first kappa shape index (κ1) is 34.2. The van der Waals surface area contributed by atoms with Crippen molar-refractivity contribution in [3.8, 4) is 33.4 Å². The van der Waals surface area contributed by atoms with Crippen LogP contribution in [0.1, 0.15) is 125 Å². The van der Waals surface area contributed by atoms with Gasteiger partial charge in [-0.3, -0.25) is 0 Å². The molecule has 0 aliphatic heterocycles. The van der Waals surface area contributed by atoms with Crippen molar-refractivity contribution in [2.45, 2.75) is 108 Å². The zero-order chi connectivity index (χ0) is 38.1. The van der Waals surface area contributed by atoms with E-state index < -0.39 is 0 Å². The molecule has 0 N–H and O–H groups in total. The quantitative estimate of drug-likeness (QED) is 0.174. The Balaban J connectivity index is 1.13. The molecule has 3 saturated carbocycles. The Hall–Kier alpha value is -4.88. The fourth-order valence-corrected chi connectivity index (χ4v) is 14.3. The molecule has 0 amide bonds. The van der Waals surface area contributed by atoms with Crippen molar-refractivity contribution in [3.63, 3.8) is 0 Å². The second kappa shape index (κ2) is 12.3. The van der Waals surface area contributed by atoms with Gasteiger partial charge in [-0.15, -0.1) is 0 Å². The summed E-state index contributed by atoms with van der Waals surface area (Å²) in [6.45, 7) is 7.29. The van der Waals surface area contributed by atoms with Crippen LogP contribution in [-0.2, 0) is 16.2 Å². The highest BCUT2D eigenvalue weighted by Crippen LogP contribution is 2.67. The molecule has 6 aliphatic carbocycles. The molecule has 2 spiro atoms. The van der Waals surface area contributed by atoms with Crippen molar-refractivity contribution in [3.05, 3.63) is 161 Å². The van der Waals surface area contributed by atoms with Gasteiger partial charge < -0.3 is 4.90 Å². The van der Waals surface area contributed by atoms with E-state index in [9.17, 15) is 0 Å². The smallest absolute Gasteiger partial charge is 0.0543 e. The third-order valence-corrected chi connectivity index (χ3v) is 16.6. The van der Waals surface area contributed by atoms with E-state index in [1.54, 1.807) is 22.3 Å². The number of hydrogen-bond donors (Lipinski definition) is 0. The summed E-state index contributed by atoms with van der Waals surface area (Å²) in [4.78, 5) is 2.69. The topological polar surface area (TPSA) is 3.24 Å². The molecule has 1 heteroatoms. The number of fused-ring (bicyclic) bond motifs is 16. The SMILES string of the molecule is CCC1CC2CCCC(C2)C12c1ccccc1-c1c(N(c3ccc4c(c3)-c3ccccc3C4(C)C)c3ccc4c(c3)C3(CCCCC3)c3ccccc3-4)cccc12. The van der Waals surface area contributed by atoms with E-state index in [2.05, 4.69) is 153 Å². The minimum atomic E-state index is -0.0324. The summed E-state index contributed by atoms with van der Waals surface area (Å²) in [5.41, 5.74) is 21.8. The maximum atomic E-state index is 2.69. The molecular formula is C56H55N. The molecule has 0 radical (unpaired) electrons. The molecule has 6 aromatic rings. The van der Waals surface area contributed by atoms with Crippen LogP contribution < -0.4 is 4.90 Å². The maximum absolute atomic E-state index is 2.69. The average molecular weight is 742 g/mol. The highest BCUT2D eigenvalue weighted by molar-refractivity contribution is 5.97. The minimum Gasteiger partial charge on any atom is -0.310 e. The fraction of sp³-hybridized carbons (Fsp3) is 0.357.